The average Bonchev–Trinajstić information content (AvgIpc) is 2.60. The van der Waals surface area contributed by atoms with E-state index in [0.29, 0.717) is 11.5 Å². The molecule has 0 spiro atoms. The van der Waals surface area contributed by atoms with Crippen molar-refractivity contribution < 1.29 is 4.65 Å². The van der Waals surface area contributed by atoms with Gasteiger partial charge in [-0.3, -0.25) is 0 Å². The molecule has 1 aromatic rings. The summed E-state index contributed by atoms with van der Waals surface area (Å²) in [6, 6.07) is 10.8. The van der Waals surface area contributed by atoms with Crippen LogP contribution in [0.4, 0.5) is 0 Å². The zero-order valence-electron chi connectivity index (χ0n) is 11.2. The van der Waals surface area contributed by atoms with E-state index < -0.39 is 0 Å². The Balaban J connectivity index is 2.05. The van der Waals surface area contributed by atoms with Crippen molar-refractivity contribution >= 4 is 7.62 Å². The van der Waals surface area contributed by atoms with Gasteiger partial charge in [0.25, 0.3) is 0 Å². The van der Waals surface area contributed by atoms with E-state index in [1.807, 2.05) is 13.7 Å². The lowest BCUT2D eigenvalue weighted by Gasteiger charge is -2.29. The largest absolute Gasteiger partial charge is 0.415 e. The minimum atomic E-state index is 0.165. The predicted octanol–water partition coefficient (Wildman–Crippen LogP) is 3.03. The van der Waals surface area contributed by atoms with Gasteiger partial charge in [-0.05, 0) is 24.4 Å². The molecule has 2 rings (SSSR count). The minimum Gasteiger partial charge on any atom is -0.415 e. The Morgan fingerprint density at radius 1 is 1.24 bits per heavy atom. The first kappa shape index (κ1) is 12.7. The van der Waals surface area contributed by atoms with Crippen LogP contribution in [0.25, 0.3) is 0 Å². The van der Waals surface area contributed by atoms with Crippen molar-refractivity contribution in [3.8, 4) is 0 Å². The summed E-state index contributed by atoms with van der Waals surface area (Å²) in [7, 11) is 1.90. The van der Waals surface area contributed by atoms with Gasteiger partial charge in [0.1, 0.15) is 0 Å². The molecule has 0 N–H and O–H groups in total. The highest BCUT2D eigenvalue weighted by Gasteiger charge is 2.35. The van der Waals surface area contributed by atoms with Crippen molar-refractivity contribution in [2.45, 2.75) is 39.8 Å². The monoisotopic (exact) mass is 230 g/mol. The molecule has 2 nitrogen and oxygen atoms in total. The van der Waals surface area contributed by atoms with E-state index in [1.54, 1.807) is 0 Å². The van der Waals surface area contributed by atoms with Gasteiger partial charge < -0.3 is 9.47 Å². The van der Waals surface area contributed by atoms with E-state index in [9.17, 15) is 0 Å². The van der Waals surface area contributed by atoms with Crippen LogP contribution < -0.4 is 0 Å². The average molecular weight is 230 g/mol. The highest BCUT2D eigenvalue weighted by atomic mass is 16.5. The third kappa shape index (κ3) is 3.11. The topological polar surface area (TPSA) is 12.5 Å². The first-order chi connectivity index (χ1) is 7.97. The summed E-state index contributed by atoms with van der Waals surface area (Å²) in [4.78, 5) is 2.30. The van der Waals surface area contributed by atoms with E-state index in [-0.39, 0.29) is 6.10 Å². The maximum absolute atomic E-state index is 5.81. The normalized spacial score (nSPS) is 25.9. The van der Waals surface area contributed by atoms with Gasteiger partial charge in [0, 0.05) is 6.04 Å². The molecule has 0 aromatic heterocycles. The summed E-state index contributed by atoms with van der Waals surface area (Å²) in [5, 5.41) is 0. The van der Waals surface area contributed by atoms with Crippen molar-refractivity contribution in [1.82, 2.24) is 4.81 Å². The summed E-state index contributed by atoms with van der Waals surface area (Å²) in [6.07, 6.45) is 0.165. The second-order valence-electron chi connectivity index (χ2n) is 6.05. The lowest BCUT2D eigenvalue weighted by atomic mass is 9.92. The molecule has 1 aliphatic heterocycles. The summed E-state index contributed by atoms with van der Waals surface area (Å²) >= 11 is 0. The Morgan fingerprint density at radius 3 is 2.47 bits per heavy atom. The summed E-state index contributed by atoms with van der Waals surface area (Å²) < 4.78 is 5.81. The molecular formula is C14H21BNO. The van der Waals surface area contributed by atoms with Crippen LogP contribution in [0, 0.1) is 5.41 Å². The predicted molar refractivity (Wildman–Crippen MR) is 71.6 cm³/mol. The molecule has 0 bridgehead atoms. The number of hydrogen-bond acceptors (Lipinski definition) is 2. The number of rotatable bonds is 2. The van der Waals surface area contributed by atoms with Crippen molar-refractivity contribution in [3.05, 3.63) is 35.9 Å². The third-order valence-electron chi connectivity index (χ3n) is 3.09. The van der Waals surface area contributed by atoms with E-state index in [4.69, 9.17) is 4.65 Å². The van der Waals surface area contributed by atoms with Crippen molar-refractivity contribution in [3.63, 3.8) is 0 Å². The fourth-order valence-corrected chi connectivity index (χ4v) is 2.26. The van der Waals surface area contributed by atoms with E-state index in [0.717, 1.165) is 6.54 Å². The molecule has 2 atom stereocenters. The number of hydrogen-bond donors (Lipinski definition) is 0. The van der Waals surface area contributed by atoms with Crippen LogP contribution in [0.2, 0.25) is 0 Å². The number of nitrogens with zero attached hydrogens (tertiary/aromatic N) is 1. The molecule has 0 amide bonds. The van der Waals surface area contributed by atoms with Gasteiger partial charge in [0.05, 0.1) is 6.10 Å². The molecule has 1 saturated heterocycles. The van der Waals surface area contributed by atoms with Crippen LogP contribution in [0.3, 0.4) is 0 Å². The van der Waals surface area contributed by atoms with E-state index in [2.05, 4.69) is 56.8 Å². The first-order valence-electron chi connectivity index (χ1n) is 6.27. The Labute approximate surface area is 105 Å². The second-order valence-corrected chi connectivity index (χ2v) is 6.05. The van der Waals surface area contributed by atoms with Gasteiger partial charge in [-0.25, -0.2) is 0 Å². The molecule has 3 heteroatoms. The maximum Gasteiger partial charge on any atom is 0.399 e. The Morgan fingerprint density at radius 2 is 1.88 bits per heavy atom. The fraction of sp³-hybridized carbons (Fsp3) is 0.571. The van der Waals surface area contributed by atoms with Gasteiger partial charge in [0.15, 0.2) is 0 Å². The summed E-state index contributed by atoms with van der Waals surface area (Å²) in [5.41, 5.74) is 1.55. The Kier molecular flexibility index (Phi) is 3.60. The second kappa shape index (κ2) is 4.83. The smallest absolute Gasteiger partial charge is 0.399 e. The number of benzene rings is 1. The van der Waals surface area contributed by atoms with E-state index >= 15 is 0 Å². The molecule has 0 saturated carbocycles. The molecule has 1 aromatic carbocycles. The molecule has 0 aliphatic carbocycles. The fourth-order valence-electron chi connectivity index (χ4n) is 2.26. The standard InChI is InChI=1S/C14H21BNO/c1-11-13(12-8-6-5-7-9-12)17-15-16(11)10-14(2,3)4/h5-9,11,13H,10H2,1-4H3/t11-,13+/m1/s1. The van der Waals surface area contributed by atoms with Crippen LogP contribution in [-0.2, 0) is 4.65 Å². The van der Waals surface area contributed by atoms with E-state index in [1.165, 1.54) is 5.56 Å². The molecule has 1 radical (unpaired) electrons. The van der Waals surface area contributed by atoms with Crippen LogP contribution in [0.15, 0.2) is 30.3 Å². The summed E-state index contributed by atoms with van der Waals surface area (Å²) in [6.45, 7) is 10.0. The zero-order chi connectivity index (χ0) is 12.5. The first-order valence-corrected chi connectivity index (χ1v) is 6.27. The van der Waals surface area contributed by atoms with Crippen LogP contribution in [0.5, 0.6) is 0 Å². The van der Waals surface area contributed by atoms with Crippen LogP contribution >= 0.6 is 0 Å². The molecule has 1 fully saturated rings. The lowest BCUT2D eigenvalue weighted by molar-refractivity contribution is 0.190. The zero-order valence-corrected chi connectivity index (χ0v) is 11.2. The van der Waals surface area contributed by atoms with Gasteiger partial charge in [-0.1, -0.05) is 51.1 Å². The Hall–Kier alpha value is -0.795. The lowest BCUT2D eigenvalue weighted by Crippen LogP contribution is -2.37. The van der Waals surface area contributed by atoms with Crippen molar-refractivity contribution in [2.24, 2.45) is 5.41 Å². The van der Waals surface area contributed by atoms with Crippen molar-refractivity contribution in [2.75, 3.05) is 6.54 Å². The van der Waals surface area contributed by atoms with Gasteiger partial charge in [0.2, 0.25) is 0 Å². The Bertz CT molecular complexity index is 360. The van der Waals surface area contributed by atoms with Gasteiger partial charge >= 0.3 is 7.62 Å². The molecule has 0 unspecified atom stereocenters. The van der Waals surface area contributed by atoms with Gasteiger partial charge in [-0.15, -0.1) is 0 Å². The minimum absolute atomic E-state index is 0.165. The SMILES string of the molecule is C[C@@H]1[C@@H](c2ccccc2)O[B]N1CC(C)(C)C. The molecular weight excluding hydrogens is 209 g/mol. The highest BCUT2D eigenvalue weighted by Crippen LogP contribution is 2.31. The molecule has 17 heavy (non-hydrogen) atoms. The maximum atomic E-state index is 5.81. The van der Waals surface area contributed by atoms with Crippen LogP contribution in [-0.4, -0.2) is 25.0 Å². The molecule has 91 valence electrons. The van der Waals surface area contributed by atoms with Gasteiger partial charge in [-0.2, -0.15) is 0 Å². The van der Waals surface area contributed by atoms with Crippen molar-refractivity contribution in [1.29, 1.82) is 0 Å². The molecule has 1 aliphatic rings. The third-order valence-corrected chi connectivity index (χ3v) is 3.09. The molecule has 1 heterocycles. The highest BCUT2D eigenvalue weighted by molar-refractivity contribution is 6.24. The van der Waals surface area contributed by atoms with Crippen LogP contribution in [0.1, 0.15) is 39.4 Å². The quantitative estimate of drug-likeness (QED) is 0.724. The summed E-state index contributed by atoms with van der Waals surface area (Å²) in [5.74, 6) is 0.